The van der Waals surface area contributed by atoms with Crippen LogP contribution in [0.25, 0.3) is 0 Å². The Kier molecular flexibility index (Phi) is 3.87. The summed E-state index contributed by atoms with van der Waals surface area (Å²) in [6.45, 7) is 1.71. The van der Waals surface area contributed by atoms with Crippen molar-refractivity contribution in [2.75, 3.05) is 19.8 Å². The van der Waals surface area contributed by atoms with Crippen molar-refractivity contribution >= 4 is 5.91 Å². The van der Waals surface area contributed by atoms with Gasteiger partial charge in [0, 0.05) is 18.3 Å². The largest absolute Gasteiger partial charge is 0.377 e. The molecule has 4 rings (SSSR count). The Morgan fingerprint density at radius 2 is 2.09 bits per heavy atom. The Bertz CT molecular complexity index is 696. The number of nitrogens with zero attached hydrogens (tertiary/aromatic N) is 2. The molecule has 0 bridgehead atoms. The number of amides is 1. The molecule has 0 spiro atoms. The fraction of sp³-hybridized carbons (Fsp3) is 0.444. The molecule has 1 aromatic heterocycles. The van der Waals surface area contributed by atoms with Crippen LogP contribution in [-0.2, 0) is 17.6 Å². The lowest BCUT2D eigenvalue weighted by Crippen LogP contribution is -2.43. The van der Waals surface area contributed by atoms with E-state index in [1.54, 1.807) is 6.20 Å². The number of morpholine rings is 1. The highest BCUT2D eigenvalue weighted by atomic mass is 16.5. The number of fused-ring (bicyclic) bond motifs is 1. The third-order valence-corrected chi connectivity index (χ3v) is 4.87. The molecule has 1 saturated heterocycles. The van der Waals surface area contributed by atoms with Crippen LogP contribution in [0.3, 0.4) is 0 Å². The highest BCUT2D eigenvalue weighted by Gasteiger charge is 2.30. The first-order chi connectivity index (χ1) is 11.3. The summed E-state index contributed by atoms with van der Waals surface area (Å²) in [6.07, 6.45) is 6.41. The molecule has 1 aromatic carbocycles. The van der Waals surface area contributed by atoms with E-state index in [1.165, 1.54) is 24.0 Å². The van der Waals surface area contributed by atoms with Crippen LogP contribution < -0.4 is 0 Å². The normalized spacial score (nSPS) is 21.0. The fourth-order valence-corrected chi connectivity index (χ4v) is 3.59. The van der Waals surface area contributed by atoms with Crippen LogP contribution in [0.15, 0.2) is 30.5 Å². The van der Waals surface area contributed by atoms with E-state index >= 15 is 0 Å². The Morgan fingerprint density at radius 1 is 1.22 bits per heavy atom. The number of hydrogen-bond acceptors (Lipinski definition) is 3. The Morgan fingerprint density at radius 3 is 2.91 bits per heavy atom. The Labute approximate surface area is 135 Å². The van der Waals surface area contributed by atoms with Gasteiger partial charge in [0.2, 0.25) is 0 Å². The average molecular weight is 311 g/mol. The van der Waals surface area contributed by atoms with E-state index in [2.05, 4.69) is 22.3 Å². The monoisotopic (exact) mass is 311 g/mol. The van der Waals surface area contributed by atoms with Gasteiger partial charge >= 0.3 is 0 Å². The number of aryl methyl sites for hydroxylation is 2. The van der Waals surface area contributed by atoms with Gasteiger partial charge in [-0.3, -0.25) is 9.89 Å². The van der Waals surface area contributed by atoms with Crippen molar-refractivity contribution in [3.05, 3.63) is 52.8 Å². The summed E-state index contributed by atoms with van der Waals surface area (Å²) in [6, 6.07) is 8.03. The molecule has 0 radical (unpaired) electrons. The molecule has 1 aliphatic carbocycles. The molecule has 1 fully saturated rings. The van der Waals surface area contributed by atoms with Crippen LogP contribution in [0, 0.1) is 0 Å². The van der Waals surface area contributed by atoms with Crippen LogP contribution in [0.4, 0.5) is 0 Å². The number of nitrogens with one attached hydrogen (secondary N) is 1. The van der Waals surface area contributed by atoms with E-state index in [1.807, 2.05) is 17.0 Å². The zero-order valence-corrected chi connectivity index (χ0v) is 13.1. The molecule has 23 heavy (non-hydrogen) atoms. The molecule has 2 aromatic rings. The number of aromatic amines is 1. The zero-order chi connectivity index (χ0) is 15.6. The third kappa shape index (κ3) is 2.77. The molecule has 0 saturated carbocycles. The summed E-state index contributed by atoms with van der Waals surface area (Å²) < 4.78 is 5.57. The summed E-state index contributed by atoms with van der Waals surface area (Å²) in [7, 11) is 0. The first kappa shape index (κ1) is 14.5. The number of carbonyl (C=O) groups is 1. The molecule has 1 N–H and O–H groups in total. The number of benzene rings is 1. The Balaban J connectivity index is 1.62. The number of ether oxygens (including phenoxy) is 1. The van der Waals surface area contributed by atoms with Gasteiger partial charge in [0.25, 0.3) is 5.91 Å². The number of rotatable bonds is 2. The molecule has 1 amide bonds. The van der Waals surface area contributed by atoms with Crippen LogP contribution in [0.1, 0.15) is 46.1 Å². The van der Waals surface area contributed by atoms with Gasteiger partial charge in [-0.25, -0.2) is 0 Å². The first-order valence-corrected chi connectivity index (χ1v) is 8.33. The summed E-state index contributed by atoms with van der Waals surface area (Å²) in [5, 5.41) is 6.97. The summed E-state index contributed by atoms with van der Waals surface area (Å²) in [4.78, 5) is 14.9. The van der Waals surface area contributed by atoms with Gasteiger partial charge in [0.15, 0.2) is 0 Å². The lowest BCUT2D eigenvalue weighted by molar-refractivity contribution is -0.00391. The standard InChI is InChI=1S/C18H21N3O2/c22-18(15-6-5-13-3-1-2-4-14(13)11-15)21-9-10-23-12-17(21)16-7-8-19-20-16/h5-8,11,17H,1-4,9-10,12H2,(H,19,20)/t17-/m0/s1. The van der Waals surface area contributed by atoms with Crippen molar-refractivity contribution in [2.24, 2.45) is 0 Å². The van der Waals surface area contributed by atoms with Crippen LogP contribution >= 0.6 is 0 Å². The highest BCUT2D eigenvalue weighted by Crippen LogP contribution is 2.27. The molecule has 2 aliphatic rings. The summed E-state index contributed by atoms with van der Waals surface area (Å²) >= 11 is 0. The minimum atomic E-state index is -0.0882. The molecule has 1 aliphatic heterocycles. The first-order valence-electron chi connectivity index (χ1n) is 8.33. The highest BCUT2D eigenvalue weighted by molar-refractivity contribution is 5.95. The van der Waals surface area contributed by atoms with Gasteiger partial charge in [0.05, 0.1) is 24.9 Å². The fourth-order valence-electron chi connectivity index (χ4n) is 3.59. The minimum Gasteiger partial charge on any atom is -0.377 e. The second-order valence-electron chi connectivity index (χ2n) is 6.29. The topological polar surface area (TPSA) is 58.2 Å². The van der Waals surface area contributed by atoms with Crippen molar-refractivity contribution in [2.45, 2.75) is 31.7 Å². The van der Waals surface area contributed by atoms with E-state index in [-0.39, 0.29) is 11.9 Å². The van der Waals surface area contributed by atoms with Gasteiger partial charge in [-0.15, -0.1) is 0 Å². The van der Waals surface area contributed by atoms with Crippen molar-refractivity contribution in [3.8, 4) is 0 Å². The quantitative estimate of drug-likeness (QED) is 0.927. The predicted octanol–water partition coefficient (Wildman–Crippen LogP) is 2.50. The van der Waals surface area contributed by atoms with Crippen molar-refractivity contribution in [1.29, 1.82) is 0 Å². The number of hydrogen-bond donors (Lipinski definition) is 1. The molecule has 5 heteroatoms. The number of H-pyrrole nitrogens is 1. The average Bonchev–Trinajstić information content (AvgIpc) is 3.15. The van der Waals surface area contributed by atoms with Crippen molar-refractivity contribution in [1.82, 2.24) is 15.1 Å². The Hall–Kier alpha value is -2.14. The van der Waals surface area contributed by atoms with Crippen molar-refractivity contribution < 1.29 is 9.53 Å². The molecular formula is C18H21N3O2. The third-order valence-electron chi connectivity index (χ3n) is 4.87. The van der Waals surface area contributed by atoms with Gasteiger partial charge < -0.3 is 9.64 Å². The minimum absolute atomic E-state index is 0.0845. The van der Waals surface area contributed by atoms with Gasteiger partial charge in [-0.2, -0.15) is 5.10 Å². The molecule has 120 valence electrons. The maximum Gasteiger partial charge on any atom is 0.254 e. The lowest BCUT2D eigenvalue weighted by atomic mass is 9.90. The lowest BCUT2D eigenvalue weighted by Gasteiger charge is -2.35. The van der Waals surface area contributed by atoms with Crippen molar-refractivity contribution in [3.63, 3.8) is 0 Å². The van der Waals surface area contributed by atoms with E-state index in [0.29, 0.717) is 19.8 Å². The van der Waals surface area contributed by atoms with Gasteiger partial charge in [-0.1, -0.05) is 6.07 Å². The van der Waals surface area contributed by atoms with Crippen LogP contribution in [0.2, 0.25) is 0 Å². The van der Waals surface area contributed by atoms with Gasteiger partial charge in [-0.05, 0) is 55.0 Å². The van der Waals surface area contributed by atoms with Crippen LogP contribution in [0.5, 0.6) is 0 Å². The molecule has 2 heterocycles. The second kappa shape index (κ2) is 6.16. The molecule has 1 atom stereocenters. The molecular weight excluding hydrogens is 290 g/mol. The molecule has 0 unspecified atom stereocenters. The summed E-state index contributed by atoms with van der Waals surface area (Å²) in [5.74, 6) is 0.0845. The SMILES string of the molecule is O=C(c1ccc2c(c1)CCCC2)N1CCOC[C@H]1c1ccn[nH]1. The second-order valence-corrected chi connectivity index (χ2v) is 6.29. The van der Waals surface area contributed by atoms with E-state index in [9.17, 15) is 4.79 Å². The van der Waals surface area contributed by atoms with Gasteiger partial charge in [0.1, 0.15) is 0 Å². The summed E-state index contributed by atoms with van der Waals surface area (Å²) in [5.41, 5.74) is 4.46. The number of aromatic nitrogens is 2. The molecule has 5 nitrogen and oxygen atoms in total. The van der Waals surface area contributed by atoms with Crippen LogP contribution in [-0.4, -0.2) is 40.8 Å². The zero-order valence-electron chi connectivity index (χ0n) is 13.1. The van der Waals surface area contributed by atoms with E-state index < -0.39 is 0 Å². The smallest absolute Gasteiger partial charge is 0.254 e. The number of carbonyl (C=O) groups excluding carboxylic acids is 1. The van der Waals surface area contributed by atoms with E-state index in [4.69, 9.17) is 4.74 Å². The maximum atomic E-state index is 13.0. The maximum absolute atomic E-state index is 13.0. The van der Waals surface area contributed by atoms with E-state index in [0.717, 1.165) is 24.1 Å². The predicted molar refractivity (Wildman–Crippen MR) is 86.3 cm³/mol.